The van der Waals surface area contributed by atoms with E-state index in [1.807, 2.05) is 0 Å². The Labute approximate surface area is 228 Å². The molecule has 2 unspecified atom stereocenters. The van der Waals surface area contributed by atoms with Crippen LogP contribution in [0.5, 0.6) is 0 Å². The standard InChI is InChI=1S/C33H45NO4/c1-22(2)10-15-32(36)16-12-27-25-11-14-31(35)21-33(37-18-19-38-33)17-13-28(31)29(25)26(20-30(27,32)3)23-6-8-24(9-7-23)34(4)5/h6-9,22,25-27,35-36H,11-14,16-21H2,1-5H3/t25?,26-,27?,30+,31+,32+/m1/s1. The molecule has 38 heavy (non-hydrogen) atoms. The van der Waals surface area contributed by atoms with Crippen molar-refractivity contribution in [2.24, 2.45) is 23.2 Å². The molecule has 206 valence electrons. The van der Waals surface area contributed by atoms with E-state index in [1.54, 1.807) is 0 Å². The Morgan fingerprint density at radius 1 is 1.00 bits per heavy atom. The van der Waals surface area contributed by atoms with Gasteiger partial charge in [-0.15, -0.1) is 0 Å². The molecule has 5 nitrogen and oxygen atoms in total. The second-order valence-corrected chi connectivity index (χ2v) is 13.5. The molecule has 3 saturated carbocycles. The molecular weight excluding hydrogens is 474 g/mol. The summed E-state index contributed by atoms with van der Waals surface area (Å²) in [5.41, 5.74) is 3.01. The maximum absolute atomic E-state index is 12.2. The largest absolute Gasteiger partial charge is 0.385 e. The van der Waals surface area contributed by atoms with Crippen molar-refractivity contribution >= 4 is 5.69 Å². The van der Waals surface area contributed by atoms with Crippen molar-refractivity contribution in [3.63, 3.8) is 0 Å². The van der Waals surface area contributed by atoms with Gasteiger partial charge in [0, 0.05) is 49.9 Å². The van der Waals surface area contributed by atoms with Crippen LogP contribution in [0.15, 0.2) is 35.4 Å². The van der Waals surface area contributed by atoms with Crippen molar-refractivity contribution in [2.45, 2.75) is 95.0 Å². The predicted octanol–water partition coefficient (Wildman–Crippen LogP) is 5.41. The van der Waals surface area contributed by atoms with E-state index in [1.165, 1.54) is 22.4 Å². The van der Waals surface area contributed by atoms with Crippen molar-refractivity contribution < 1.29 is 19.7 Å². The molecule has 0 aromatic heterocycles. The molecule has 2 N–H and O–H groups in total. The second-order valence-electron chi connectivity index (χ2n) is 13.5. The highest BCUT2D eigenvalue weighted by atomic mass is 16.7. The third kappa shape index (κ3) is 3.98. The van der Waals surface area contributed by atoms with E-state index in [4.69, 9.17) is 9.47 Å². The minimum Gasteiger partial charge on any atom is -0.385 e. The van der Waals surface area contributed by atoms with Crippen LogP contribution in [0.25, 0.3) is 0 Å². The Bertz CT molecular complexity index is 1170. The van der Waals surface area contributed by atoms with E-state index in [-0.39, 0.29) is 17.3 Å². The zero-order valence-corrected chi connectivity index (χ0v) is 23.8. The van der Waals surface area contributed by atoms with Gasteiger partial charge in [-0.1, -0.05) is 50.3 Å². The topological polar surface area (TPSA) is 62.2 Å². The zero-order valence-electron chi connectivity index (χ0n) is 23.8. The molecule has 6 atom stereocenters. The van der Waals surface area contributed by atoms with Crippen LogP contribution in [0, 0.1) is 35.0 Å². The molecule has 4 fully saturated rings. The van der Waals surface area contributed by atoms with Gasteiger partial charge in [0.15, 0.2) is 5.79 Å². The lowest BCUT2D eigenvalue weighted by atomic mass is 9.49. The number of rotatable bonds is 2. The Kier molecular flexibility index (Phi) is 6.32. The van der Waals surface area contributed by atoms with Gasteiger partial charge in [-0.3, -0.25) is 0 Å². The summed E-state index contributed by atoms with van der Waals surface area (Å²) in [6, 6.07) is 8.94. The number of benzene rings is 1. The number of anilines is 1. The van der Waals surface area contributed by atoms with Gasteiger partial charge in [0.1, 0.15) is 5.60 Å². The van der Waals surface area contributed by atoms with Gasteiger partial charge in [0.2, 0.25) is 0 Å². The Morgan fingerprint density at radius 2 is 1.71 bits per heavy atom. The summed E-state index contributed by atoms with van der Waals surface area (Å²) in [7, 11) is 4.14. The molecule has 4 aliphatic carbocycles. The average Bonchev–Trinajstić information content (AvgIpc) is 3.43. The summed E-state index contributed by atoms with van der Waals surface area (Å²) in [5.74, 6) is 7.20. The van der Waals surface area contributed by atoms with Crippen molar-refractivity contribution in [1.82, 2.24) is 0 Å². The van der Waals surface area contributed by atoms with Gasteiger partial charge in [0.05, 0.1) is 18.8 Å². The molecule has 6 rings (SSSR count). The van der Waals surface area contributed by atoms with Crippen molar-refractivity contribution in [2.75, 3.05) is 32.2 Å². The maximum atomic E-state index is 12.2. The number of aliphatic hydroxyl groups is 2. The summed E-state index contributed by atoms with van der Waals surface area (Å²) in [6.45, 7) is 7.72. The molecule has 0 amide bonds. The lowest BCUT2D eigenvalue weighted by molar-refractivity contribution is -0.208. The molecule has 1 aromatic rings. The fourth-order valence-corrected chi connectivity index (χ4v) is 8.79. The zero-order chi connectivity index (χ0) is 26.9. The van der Waals surface area contributed by atoms with E-state index >= 15 is 0 Å². The highest BCUT2D eigenvalue weighted by molar-refractivity contribution is 5.50. The number of fused-ring (bicyclic) bond motifs is 4. The Morgan fingerprint density at radius 3 is 2.37 bits per heavy atom. The number of nitrogens with zero attached hydrogens (tertiary/aromatic N) is 1. The molecule has 1 aliphatic heterocycles. The van der Waals surface area contributed by atoms with Gasteiger partial charge in [-0.2, -0.15) is 0 Å². The van der Waals surface area contributed by atoms with Crippen molar-refractivity contribution in [1.29, 1.82) is 0 Å². The number of allylic oxidation sites excluding steroid dienone is 1. The van der Waals surface area contributed by atoms with Gasteiger partial charge >= 0.3 is 0 Å². The number of hydrogen-bond acceptors (Lipinski definition) is 5. The molecule has 0 radical (unpaired) electrons. The van der Waals surface area contributed by atoms with Crippen LogP contribution in [-0.4, -0.2) is 54.5 Å². The van der Waals surface area contributed by atoms with Gasteiger partial charge in [-0.25, -0.2) is 0 Å². The highest BCUT2D eigenvalue weighted by Crippen LogP contribution is 2.67. The molecule has 5 aliphatic rings. The predicted molar refractivity (Wildman–Crippen MR) is 150 cm³/mol. The van der Waals surface area contributed by atoms with E-state index in [2.05, 4.69) is 75.9 Å². The van der Waals surface area contributed by atoms with Crippen LogP contribution in [0.3, 0.4) is 0 Å². The first kappa shape index (κ1) is 26.4. The van der Waals surface area contributed by atoms with Crippen LogP contribution in [0.4, 0.5) is 5.69 Å². The van der Waals surface area contributed by atoms with Gasteiger partial charge in [-0.05, 0) is 73.6 Å². The number of ether oxygens (including phenoxy) is 2. The quantitative estimate of drug-likeness (QED) is 0.404. The normalized spacial score (nSPS) is 39.4. The Hall–Kier alpha value is -1.84. The van der Waals surface area contributed by atoms with Crippen LogP contribution < -0.4 is 4.90 Å². The molecule has 1 heterocycles. The average molecular weight is 520 g/mol. The first-order valence-electron chi connectivity index (χ1n) is 14.8. The fourth-order valence-electron chi connectivity index (χ4n) is 8.79. The minimum absolute atomic E-state index is 0.157. The smallest absolute Gasteiger partial charge is 0.171 e. The van der Waals surface area contributed by atoms with E-state index < -0.39 is 17.0 Å². The summed E-state index contributed by atoms with van der Waals surface area (Å²) in [4.78, 5) is 2.13. The van der Waals surface area contributed by atoms with E-state index in [0.717, 1.165) is 44.9 Å². The lowest BCUT2D eigenvalue weighted by Gasteiger charge is -2.57. The van der Waals surface area contributed by atoms with Crippen LogP contribution in [0.2, 0.25) is 0 Å². The third-order valence-corrected chi connectivity index (χ3v) is 10.8. The summed E-state index contributed by atoms with van der Waals surface area (Å²) in [5, 5.41) is 24.3. The van der Waals surface area contributed by atoms with Crippen molar-refractivity contribution in [3.8, 4) is 11.8 Å². The molecule has 1 aromatic carbocycles. The summed E-state index contributed by atoms with van der Waals surface area (Å²) < 4.78 is 12.2. The SMILES string of the molecule is CC(C)C#C[C@]1(O)CCC2C3CC[C@]4(O)CC5(CCC4=C3[C@@H](c3ccc(N(C)C)cc3)C[C@@]21C)OCCO5. The molecule has 5 heteroatoms. The molecule has 1 saturated heterocycles. The first-order chi connectivity index (χ1) is 18.0. The van der Waals surface area contributed by atoms with Gasteiger partial charge in [0.25, 0.3) is 0 Å². The Balaban J connectivity index is 1.47. The maximum Gasteiger partial charge on any atom is 0.171 e. The first-order valence-corrected chi connectivity index (χ1v) is 14.8. The molecular formula is C33H45NO4. The lowest BCUT2D eigenvalue weighted by Crippen LogP contribution is -2.55. The summed E-state index contributed by atoms with van der Waals surface area (Å²) in [6.07, 6.45) is 6.39. The second kappa shape index (κ2) is 9.10. The minimum atomic E-state index is -0.976. The molecule has 1 spiro atoms. The fraction of sp³-hybridized carbons (Fsp3) is 0.697. The van der Waals surface area contributed by atoms with E-state index in [0.29, 0.717) is 31.5 Å². The third-order valence-electron chi connectivity index (χ3n) is 10.8. The van der Waals surface area contributed by atoms with Gasteiger partial charge < -0.3 is 24.6 Å². The molecule has 0 bridgehead atoms. The van der Waals surface area contributed by atoms with E-state index in [9.17, 15) is 10.2 Å². The number of hydrogen-bond donors (Lipinski definition) is 2. The van der Waals surface area contributed by atoms with Crippen LogP contribution in [0.1, 0.15) is 83.6 Å². The van der Waals surface area contributed by atoms with Crippen LogP contribution >= 0.6 is 0 Å². The summed E-state index contributed by atoms with van der Waals surface area (Å²) >= 11 is 0. The van der Waals surface area contributed by atoms with Crippen molar-refractivity contribution in [3.05, 3.63) is 41.0 Å². The van der Waals surface area contributed by atoms with Crippen LogP contribution in [-0.2, 0) is 9.47 Å². The highest BCUT2D eigenvalue weighted by Gasteiger charge is 2.64. The monoisotopic (exact) mass is 519 g/mol.